The number of benzene rings is 2. The Morgan fingerprint density at radius 2 is 1.72 bits per heavy atom. The number of imide groups is 2. The third kappa shape index (κ3) is 4.97. The zero-order valence-corrected chi connectivity index (χ0v) is 18.8. The maximum atomic E-state index is 13.0. The van der Waals surface area contributed by atoms with E-state index in [0.717, 1.165) is 37.7 Å². The third-order valence-electron chi connectivity index (χ3n) is 5.67. The van der Waals surface area contributed by atoms with E-state index in [4.69, 9.17) is 27.9 Å². The molecule has 0 radical (unpaired) electrons. The number of nitrogens with zero attached hydrogens (tertiary/aromatic N) is 1. The Balaban J connectivity index is 1.46. The van der Waals surface area contributed by atoms with Crippen molar-refractivity contribution in [2.45, 2.75) is 44.8 Å². The fourth-order valence-corrected chi connectivity index (χ4v) is 4.43. The van der Waals surface area contributed by atoms with Gasteiger partial charge in [0.25, 0.3) is 11.8 Å². The highest BCUT2D eigenvalue weighted by molar-refractivity contribution is 6.35. The maximum Gasteiger partial charge on any atom is 0.331 e. The molecule has 0 bridgehead atoms. The lowest BCUT2D eigenvalue weighted by Crippen LogP contribution is -2.58. The van der Waals surface area contributed by atoms with Gasteiger partial charge in [-0.3, -0.25) is 19.8 Å². The molecule has 0 aromatic heterocycles. The molecule has 2 aromatic rings. The number of nitrogens with one attached hydrogen (secondary N) is 1. The number of ether oxygens (including phenoxy) is 1. The lowest BCUT2D eigenvalue weighted by molar-refractivity contribution is -0.132. The fraction of sp³-hybridized carbons (Fsp3) is 0.292. The van der Waals surface area contributed by atoms with E-state index >= 15 is 0 Å². The number of carbonyl (C=O) groups is 3. The molecule has 1 saturated carbocycles. The van der Waals surface area contributed by atoms with Gasteiger partial charge in [0, 0.05) is 21.7 Å². The summed E-state index contributed by atoms with van der Waals surface area (Å²) >= 11 is 12.1. The van der Waals surface area contributed by atoms with Gasteiger partial charge in [-0.05, 0) is 48.7 Å². The molecule has 166 valence electrons. The SMILES string of the molecule is O=C1NC(=O)N(C2CCCCC2)C(=O)C1=Cc1ccc(OCc2ccc(Cl)cc2Cl)cc1. The van der Waals surface area contributed by atoms with Crippen LogP contribution in [0.3, 0.4) is 0 Å². The van der Waals surface area contributed by atoms with Crippen molar-refractivity contribution in [1.29, 1.82) is 0 Å². The normalized spacial score (nSPS) is 18.8. The van der Waals surface area contributed by atoms with Crippen LogP contribution < -0.4 is 10.1 Å². The number of rotatable bonds is 5. The summed E-state index contributed by atoms with van der Waals surface area (Å²) in [6, 6.07) is 11.4. The highest BCUT2D eigenvalue weighted by atomic mass is 35.5. The van der Waals surface area contributed by atoms with Crippen LogP contribution in [0.4, 0.5) is 4.79 Å². The molecule has 32 heavy (non-hydrogen) atoms. The summed E-state index contributed by atoms with van der Waals surface area (Å²) in [5.41, 5.74) is 1.41. The van der Waals surface area contributed by atoms with Crippen molar-refractivity contribution in [2.75, 3.05) is 0 Å². The second-order valence-electron chi connectivity index (χ2n) is 7.88. The van der Waals surface area contributed by atoms with Gasteiger partial charge < -0.3 is 4.74 Å². The van der Waals surface area contributed by atoms with Crippen LogP contribution in [0.25, 0.3) is 6.08 Å². The molecule has 4 amide bonds. The highest BCUT2D eigenvalue weighted by Gasteiger charge is 2.40. The van der Waals surface area contributed by atoms with Crippen LogP contribution in [0.2, 0.25) is 10.0 Å². The molecule has 0 unspecified atom stereocenters. The summed E-state index contributed by atoms with van der Waals surface area (Å²) < 4.78 is 5.76. The molecule has 1 N–H and O–H groups in total. The van der Waals surface area contributed by atoms with Gasteiger partial charge in [0.05, 0.1) is 0 Å². The molecular formula is C24H22Cl2N2O4. The molecule has 0 atom stereocenters. The number of hydrogen-bond acceptors (Lipinski definition) is 4. The van der Waals surface area contributed by atoms with Crippen LogP contribution in [0, 0.1) is 0 Å². The van der Waals surface area contributed by atoms with E-state index in [9.17, 15) is 14.4 Å². The zero-order valence-electron chi connectivity index (χ0n) is 17.3. The second kappa shape index (κ2) is 9.76. The van der Waals surface area contributed by atoms with E-state index in [-0.39, 0.29) is 18.2 Å². The predicted molar refractivity (Wildman–Crippen MR) is 122 cm³/mol. The maximum absolute atomic E-state index is 13.0. The molecule has 1 saturated heterocycles. The average Bonchev–Trinajstić information content (AvgIpc) is 2.77. The minimum absolute atomic E-state index is 0.0446. The van der Waals surface area contributed by atoms with Crippen LogP contribution in [-0.2, 0) is 16.2 Å². The first-order valence-electron chi connectivity index (χ1n) is 10.5. The predicted octanol–water partition coefficient (Wildman–Crippen LogP) is 5.37. The Kier molecular flexibility index (Phi) is 6.82. The molecule has 8 heteroatoms. The summed E-state index contributed by atoms with van der Waals surface area (Å²) in [5.74, 6) is -0.607. The largest absolute Gasteiger partial charge is 0.489 e. The topological polar surface area (TPSA) is 75.7 Å². The molecule has 1 heterocycles. The van der Waals surface area contributed by atoms with E-state index in [0.29, 0.717) is 21.4 Å². The smallest absolute Gasteiger partial charge is 0.331 e. The second-order valence-corrected chi connectivity index (χ2v) is 8.72. The van der Waals surface area contributed by atoms with Gasteiger partial charge >= 0.3 is 6.03 Å². The van der Waals surface area contributed by atoms with Crippen LogP contribution in [0.5, 0.6) is 5.75 Å². The monoisotopic (exact) mass is 472 g/mol. The Morgan fingerprint density at radius 1 is 1.00 bits per heavy atom. The third-order valence-corrected chi connectivity index (χ3v) is 6.26. The van der Waals surface area contributed by atoms with E-state index in [2.05, 4.69) is 5.32 Å². The van der Waals surface area contributed by atoms with E-state index in [1.165, 1.54) is 11.0 Å². The summed E-state index contributed by atoms with van der Waals surface area (Å²) in [4.78, 5) is 38.8. The van der Waals surface area contributed by atoms with Crippen LogP contribution in [-0.4, -0.2) is 28.8 Å². The average molecular weight is 473 g/mol. The Morgan fingerprint density at radius 3 is 2.41 bits per heavy atom. The van der Waals surface area contributed by atoms with Crippen molar-refractivity contribution in [1.82, 2.24) is 10.2 Å². The first-order valence-corrected chi connectivity index (χ1v) is 11.3. The van der Waals surface area contributed by atoms with Crippen LogP contribution >= 0.6 is 23.2 Å². The number of amides is 4. The first-order chi connectivity index (χ1) is 15.4. The highest BCUT2D eigenvalue weighted by Crippen LogP contribution is 2.27. The van der Waals surface area contributed by atoms with Gasteiger partial charge in [-0.2, -0.15) is 0 Å². The lowest BCUT2D eigenvalue weighted by atomic mass is 9.93. The molecule has 2 aromatic carbocycles. The van der Waals surface area contributed by atoms with Crippen LogP contribution in [0.15, 0.2) is 48.0 Å². The molecule has 1 aliphatic carbocycles. The molecule has 2 aliphatic rings. The molecule has 2 fully saturated rings. The van der Waals surface area contributed by atoms with Gasteiger partial charge in [-0.25, -0.2) is 4.79 Å². The fourth-order valence-electron chi connectivity index (χ4n) is 3.97. The van der Waals surface area contributed by atoms with Crippen molar-refractivity contribution in [2.24, 2.45) is 0 Å². The van der Waals surface area contributed by atoms with Gasteiger partial charge in [0.2, 0.25) is 0 Å². The number of barbiturate groups is 1. The Bertz CT molecular complexity index is 1080. The summed E-state index contributed by atoms with van der Waals surface area (Å²) in [5, 5.41) is 3.38. The van der Waals surface area contributed by atoms with Crippen molar-refractivity contribution >= 4 is 47.1 Å². The van der Waals surface area contributed by atoms with Gasteiger partial charge in [-0.15, -0.1) is 0 Å². The molecular weight excluding hydrogens is 451 g/mol. The van der Waals surface area contributed by atoms with E-state index in [1.807, 2.05) is 0 Å². The number of halogens is 2. The van der Waals surface area contributed by atoms with Crippen molar-refractivity contribution < 1.29 is 19.1 Å². The van der Waals surface area contributed by atoms with Crippen LogP contribution in [0.1, 0.15) is 43.2 Å². The first kappa shape index (κ1) is 22.4. The standard InChI is InChI=1S/C24H22Cl2N2O4/c25-17-9-8-16(21(26)13-17)14-32-19-10-6-15(7-11-19)12-20-22(29)27-24(31)28(23(20)30)18-4-2-1-3-5-18/h6-13,18H,1-5,14H2,(H,27,29,31). The Hall–Kier alpha value is -2.83. The van der Waals surface area contributed by atoms with Crippen molar-refractivity contribution in [3.05, 3.63) is 69.2 Å². The summed E-state index contributed by atoms with van der Waals surface area (Å²) in [7, 11) is 0. The molecule has 4 rings (SSSR count). The quantitative estimate of drug-likeness (QED) is 0.468. The number of urea groups is 1. The van der Waals surface area contributed by atoms with Crippen molar-refractivity contribution in [3.8, 4) is 5.75 Å². The molecule has 1 aliphatic heterocycles. The summed E-state index contributed by atoms with van der Waals surface area (Å²) in [6.07, 6.45) is 6.07. The van der Waals surface area contributed by atoms with Crippen molar-refractivity contribution in [3.63, 3.8) is 0 Å². The number of carbonyl (C=O) groups excluding carboxylic acids is 3. The van der Waals surface area contributed by atoms with Gasteiger partial charge in [-0.1, -0.05) is 60.7 Å². The lowest BCUT2D eigenvalue weighted by Gasteiger charge is -2.35. The molecule has 6 nitrogen and oxygen atoms in total. The van der Waals surface area contributed by atoms with Gasteiger partial charge in [0.1, 0.15) is 17.9 Å². The van der Waals surface area contributed by atoms with E-state index < -0.39 is 17.8 Å². The van der Waals surface area contributed by atoms with Gasteiger partial charge in [0.15, 0.2) is 0 Å². The minimum Gasteiger partial charge on any atom is -0.489 e. The minimum atomic E-state index is -0.676. The number of hydrogen-bond donors (Lipinski definition) is 1. The zero-order chi connectivity index (χ0) is 22.7. The van der Waals surface area contributed by atoms with E-state index in [1.54, 1.807) is 42.5 Å². The Labute approximate surface area is 196 Å². The summed E-state index contributed by atoms with van der Waals surface area (Å²) in [6.45, 7) is 0.274. The molecule has 0 spiro atoms.